The number of aromatic nitrogens is 5. The standard InChI is InChI=1S/C20H19ClN6O/c1-28-20-19-25-24-18(27(19)16-6-5-14(21)12-15(16)23-20)13-7-10-26(11-8-13)17-4-2-3-9-22-17/h2-6,9,12-13H,7-8,10-11H2,1H3. The molecule has 1 aliphatic heterocycles. The highest BCUT2D eigenvalue weighted by Gasteiger charge is 2.27. The van der Waals surface area contributed by atoms with E-state index in [0.29, 0.717) is 22.5 Å². The van der Waals surface area contributed by atoms with Gasteiger partial charge in [0.1, 0.15) is 11.6 Å². The van der Waals surface area contributed by atoms with Gasteiger partial charge in [0.15, 0.2) is 0 Å². The van der Waals surface area contributed by atoms with Gasteiger partial charge in [-0.1, -0.05) is 17.7 Å². The van der Waals surface area contributed by atoms with E-state index in [2.05, 4.69) is 35.5 Å². The van der Waals surface area contributed by atoms with Crippen LogP contribution in [0.15, 0.2) is 42.6 Å². The Morgan fingerprint density at radius 3 is 2.71 bits per heavy atom. The molecule has 28 heavy (non-hydrogen) atoms. The molecule has 0 spiro atoms. The summed E-state index contributed by atoms with van der Waals surface area (Å²) in [5.41, 5.74) is 2.34. The second kappa shape index (κ2) is 6.91. The maximum absolute atomic E-state index is 6.17. The van der Waals surface area contributed by atoms with Crippen LogP contribution in [0.2, 0.25) is 5.02 Å². The molecular weight excluding hydrogens is 376 g/mol. The first-order valence-electron chi connectivity index (χ1n) is 9.29. The molecule has 0 amide bonds. The van der Waals surface area contributed by atoms with Crippen LogP contribution in [-0.2, 0) is 0 Å². The molecule has 1 fully saturated rings. The number of benzene rings is 1. The molecule has 0 aliphatic carbocycles. The Morgan fingerprint density at radius 2 is 1.96 bits per heavy atom. The van der Waals surface area contributed by atoms with Crippen molar-refractivity contribution in [1.29, 1.82) is 0 Å². The summed E-state index contributed by atoms with van der Waals surface area (Å²) in [7, 11) is 1.60. The van der Waals surface area contributed by atoms with Gasteiger partial charge in [0.05, 0.1) is 18.1 Å². The van der Waals surface area contributed by atoms with Crippen molar-refractivity contribution in [3.63, 3.8) is 0 Å². The van der Waals surface area contributed by atoms with E-state index < -0.39 is 0 Å². The number of fused-ring (bicyclic) bond motifs is 3. The summed E-state index contributed by atoms with van der Waals surface area (Å²) in [5, 5.41) is 9.54. The number of hydrogen-bond donors (Lipinski definition) is 0. The molecular formula is C20H19ClN6O. The predicted octanol–water partition coefficient (Wildman–Crippen LogP) is 3.72. The fourth-order valence-corrected chi connectivity index (χ4v) is 4.08. The fourth-order valence-electron chi connectivity index (χ4n) is 3.92. The van der Waals surface area contributed by atoms with Gasteiger partial charge in [-0.3, -0.25) is 4.40 Å². The predicted molar refractivity (Wildman–Crippen MR) is 108 cm³/mol. The third kappa shape index (κ3) is 2.82. The first-order valence-corrected chi connectivity index (χ1v) is 9.66. The Kier molecular flexibility index (Phi) is 4.24. The van der Waals surface area contributed by atoms with Crippen LogP contribution in [0, 0.1) is 0 Å². The molecule has 4 aromatic rings. The molecule has 4 heterocycles. The molecule has 0 N–H and O–H groups in total. The summed E-state index contributed by atoms with van der Waals surface area (Å²) in [6.45, 7) is 1.87. The monoisotopic (exact) mass is 394 g/mol. The van der Waals surface area contributed by atoms with E-state index in [-0.39, 0.29) is 0 Å². The Morgan fingerprint density at radius 1 is 1.11 bits per heavy atom. The van der Waals surface area contributed by atoms with Crippen molar-refractivity contribution < 1.29 is 4.74 Å². The van der Waals surface area contributed by atoms with E-state index in [1.807, 2.05) is 36.5 Å². The van der Waals surface area contributed by atoms with Crippen molar-refractivity contribution in [2.45, 2.75) is 18.8 Å². The van der Waals surface area contributed by atoms with Gasteiger partial charge in [-0.05, 0) is 43.2 Å². The van der Waals surface area contributed by atoms with Gasteiger partial charge in [0, 0.05) is 30.2 Å². The maximum Gasteiger partial charge on any atom is 0.260 e. The SMILES string of the molecule is COc1nc2cc(Cl)ccc2n2c(C3CCN(c4ccccn4)CC3)nnc12. The van der Waals surface area contributed by atoms with Crippen molar-refractivity contribution in [3.8, 4) is 5.88 Å². The van der Waals surface area contributed by atoms with Crippen molar-refractivity contribution in [1.82, 2.24) is 24.6 Å². The number of rotatable bonds is 3. The number of pyridine rings is 1. The molecule has 142 valence electrons. The minimum absolute atomic E-state index is 0.306. The number of halogens is 1. The first kappa shape index (κ1) is 17.2. The Balaban J connectivity index is 1.53. The molecule has 1 saturated heterocycles. The van der Waals surface area contributed by atoms with Gasteiger partial charge in [0.25, 0.3) is 5.88 Å². The number of methoxy groups -OCH3 is 1. The van der Waals surface area contributed by atoms with E-state index in [4.69, 9.17) is 16.3 Å². The van der Waals surface area contributed by atoms with Gasteiger partial charge in [-0.25, -0.2) is 9.97 Å². The molecule has 0 saturated carbocycles. The van der Waals surface area contributed by atoms with E-state index in [9.17, 15) is 0 Å². The minimum Gasteiger partial charge on any atom is -0.478 e. The minimum atomic E-state index is 0.306. The van der Waals surface area contributed by atoms with Crippen LogP contribution in [0.4, 0.5) is 5.82 Å². The Bertz CT molecular complexity index is 1140. The number of anilines is 1. The van der Waals surface area contributed by atoms with E-state index in [1.54, 1.807) is 7.11 Å². The molecule has 0 atom stereocenters. The summed E-state index contributed by atoms with van der Waals surface area (Å²) in [5.74, 6) is 2.74. The van der Waals surface area contributed by atoms with Gasteiger partial charge in [0.2, 0.25) is 5.65 Å². The van der Waals surface area contributed by atoms with Gasteiger partial charge in [-0.15, -0.1) is 10.2 Å². The highest BCUT2D eigenvalue weighted by atomic mass is 35.5. The van der Waals surface area contributed by atoms with E-state index >= 15 is 0 Å². The largest absolute Gasteiger partial charge is 0.478 e. The lowest BCUT2D eigenvalue weighted by Gasteiger charge is -2.32. The quantitative estimate of drug-likeness (QED) is 0.527. The zero-order chi connectivity index (χ0) is 19.1. The van der Waals surface area contributed by atoms with Crippen LogP contribution in [0.3, 0.4) is 0 Å². The summed E-state index contributed by atoms with van der Waals surface area (Å²) in [6, 6.07) is 11.7. The summed E-state index contributed by atoms with van der Waals surface area (Å²) >= 11 is 6.17. The first-order chi connectivity index (χ1) is 13.7. The summed E-state index contributed by atoms with van der Waals surface area (Å²) < 4.78 is 7.53. The lowest BCUT2D eigenvalue weighted by Crippen LogP contribution is -2.34. The topological polar surface area (TPSA) is 68.4 Å². The maximum atomic E-state index is 6.17. The molecule has 0 unspecified atom stereocenters. The van der Waals surface area contributed by atoms with Gasteiger partial charge < -0.3 is 9.64 Å². The van der Waals surface area contributed by atoms with Gasteiger partial charge >= 0.3 is 0 Å². The lowest BCUT2D eigenvalue weighted by atomic mass is 9.96. The molecule has 8 heteroatoms. The molecule has 3 aromatic heterocycles. The fraction of sp³-hybridized carbons (Fsp3) is 0.300. The van der Waals surface area contributed by atoms with Crippen LogP contribution >= 0.6 is 11.6 Å². The molecule has 0 bridgehead atoms. The number of nitrogens with zero attached hydrogens (tertiary/aromatic N) is 6. The van der Waals surface area contributed by atoms with Crippen molar-refractivity contribution in [3.05, 3.63) is 53.4 Å². The molecule has 5 rings (SSSR count). The van der Waals surface area contributed by atoms with Crippen molar-refractivity contribution >= 4 is 34.1 Å². The highest BCUT2D eigenvalue weighted by Crippen LogP contribution is 2.32. The summed E-state index contributed by atoms with van der Waals surface area (Å²) in [4.78, 5) is 11.3. The third-order valence-electron chi connectivity index (χ3n) is 5.31. The zero-order valence-corrected chi connectivity index (χ0v) is 16.2. The number of piperidine rings is 1. The molecule has 1 aliphatic rings. The number of hydrogen-bond acceptors (Lipinski definition) is 6. The third-order valence-corrected chi connectivity index (χ3v) is 5.54. The average molecular weight is 395 g/mol. The molecule has 0 radical (unpaired) electrons. The molecule has 1 aromatic carbocycles. The van der Waals surface area contributed by atoms with Gasteiger partial charge in [-0.2, -0.15) is 0 Å². The van der Waals surface area contributed by atoms with E-state index in [1.165, 1.54) is 0 Å². The van der Waals surface area contributed by atoms with Crippen molar-refractivity contribution in [2.24, 2.45) is 0 Å². The van der Waals surface area contributed by atoms with Crippen LogP contribution in [0.5, 0.6) is 5.88 Å². The molecule has 7 nitrogen and oxygen atoms in total. The lowest BCUT2D eigenvalue weighted by molar-refractivity contribution is 0.401. The number of ether oxygens (including phenoxy) is 1. The smallest absolute Gasteiger partial charge is 0.260 e. The summed E-state index contributed by atoms with van der Waals surface area (Å²) in [6.07, 6.45) is 3.80. The van der Waals surface area contributed by atoms with Crippen LogP contribution in [0.25, 0.3) is 16.7 Å². The highest BCUT2D eigenvalue weighted by molar-refractivity contribution is 6.31. The normalized spacial score (nSPS) is 15.4. The Hall–Kier alpha value is -2.93. The van der Waals surface area contributed by atoms with E-state index in [0.717, 1.165) is 48.6 Å². The second-order valence-corrected chi connectivity index (χ2v) is 7.36. The van der Waals surface area contributed by atoms with Crippen LogP contribution in [0.1, 0.15) is 24.6 Å². The average Bonchev–Trinajstić information content (AvgIpc) is 3.19. The van der Waals surface area contributed by atoms with Crippen molar-refractivity contribution in [2.75, 3.05) is 25.1 Å². The second-order valence-electron chi connectivity index (χ2n) is 6.92. The van der Waals surface area contributed by atoms with Crippen LogP contribution in [-0.4, -0.2) is 44.8 Å². The zero-order valence-electron chi connectivity index (χ0n) is 15.4. The Labute approximate surface area is 166 Å². The van der Waals surface area contributed by atoms with Crippen LogP contribution < -0.4 is 9.64 Å².